The van der Waals surface area contributed by atoms with Crippen molar-refractivity contribution in [2.24, 2.45) is 5.73 Å². The summed E-state index contributed by atoms with van der Waals surface area (Å²) in [6, 6.07) is 0. The lowest BCUT2D eigenvalue weighted by molar-refractivity contribution is 0.349. The van der Waals surface area contributed by atoms with Crippen LogP contribution in [-0.4, -0.2) is 24.3 Å². The maximum atomic E-state index is 11.9. The van der Waals surface area contributed by atoms with E-state index in [9.17, 15) is 8.42 Å². The first kappa shape index (κ1) is 12.5. The molecule has 1 aromatic heterocycles. The second kappa shape index (κ2) is 4.06. The maximum absolute atomic E-state index is 11.9. The highest BCUT2D eigenvalue weighted by molar-refractivity contribution is 7.91. The van der Waals surface area contributed by atoms with E-state index < -0.39 is 20.6 Å². The van der Waals surface area contributed by atoms with E-state index in [4.69, 9.17) is 10.3 Å². The van der Waals surface area contributed by atoms with Gasteiger partial charge in [-0.15, -0.1) is 0 Å². The van der Waals surface area contributed by atoms with Crippen molar-refractivity contribution in [2.75, 3.05) is 5.75 Å². The first-order valence-electron chi connectivity index (χ1n) is 5.65. The first-order chi connectivity index (χ1) is 7.81. The van der Waals surface area contributed by atoms with Gasteiger partial charge in [0.2, 0.25) is 5.89 Å². The fourth-order valence-electron chi connectivity index (χ4n) is 1.86. The number of hydrogen-bond donors (Lipinski definition) is 1. The third-order valence-electron chi connectivity index (χ3n) is 2.87. The van der Waals surface area contributed by atoms with Gasteiger partial charge in [0, 0.05) is 0 Å². The number of rotatable bonds is 2. The summed E-state index contributed by atoms with van der Waals surface area (Å²) in [4.78, 5) is 4.12. The molecule has 1 fully saturated rings. The van der Waals surface area contributed by atoms with Crippen LogP contribution in [0, 0.1) is 0 Å². The van der Waals surface area contributed by atoms with Gasteiger partial charge in [-0.05, 0) is 26.7 Å². The molecule has 2 heterocycles. The fraction of sp³-hybridized carbons (Fsp3) is 0.800. The third kappa shape index (κ3) is 2.50. The van der Waals surface area contributed by atoms with Crippen molar-refractivity contribution in [1.82, 2.24) is 10.1 Å². The van der Waals surface area contributed by atoms with Crippen LogP contribution in [0.15, 0.2) is 4.52 Å². The molecule has 1 unspecified atom stereocenters. The Morgan fingerprint density at radius 1 is 1.41 bits per heavy atom. The molecule has 0 saturated carbocycles. The van der Waals surface area contributed by atoms with Gasteiger partial charge in [0.1, 0.15) is 5.25 Å². The monoisotopic (exact) mass is 259 g/mol. The third-order valence-corrected chi connectivity index (χ3v) is 5.03. The summed E-state index contributed by atoms with van der Waals surface area (Å²) in [5.74, 6) is 0.716. The van der Waals surface area contributed by atoms with Crippen molar-refractivity contribution in [3.8, 4) is 0 Å². The topological polar surface area (TPSA) is 99.1 Å². The van der Waals surface area contributed by atoms with E-state index in [1.165, 1.54) is 0 Å². The van der Waals surface area contributed by atoms with Crippen molar-refractivity contribution in [3.63, 3.8) is 0 Å². The molecule has 0 spiro atoms. The lowest BCUT2D eigenvalue weighted by Crippen LogP contribution is -2.30. The molecule has 0 radical (unpaired) electrons. The highest BCUT2D eigenvalue weighted by atomic mass is 32.2. The van der Waals surface area contributed by atoms with E-state index in [0.29, 0.717) is 18.7 Å². The van der Waals surface area contributed by atoms with Crippen molar-refractivity contribution in [3.05, 3.63) is 11.7 Å². The average Bonchev–Trinajstić information content (AvgIpc) is 2.65. The molecule has 1 aliphatic heterocycles. The molecule has 1 atom stereocenters. The predicted octanol–water partition coefficient (Wildman–Crippen LogP) is 0.903. The zero-order chi connectivity index (χ0) is 12.7. The summed E-state index contributed by atoms with van der Waals surface area (Å²) in [7, 11) is -3.15. The lowest BCUT2D eigenvalue weighted by atomic mass is 10.1. The Kier molecular flexibility index (Phi) is 2.99. The minimum absolute atomic E-state index is 0.179. The van der Waals surface area contributed by atoms with E-state index in [0.717, 1.165) is 6.42 Å². The molecular formula is C10H17N3O3S. The molecule has 0 amide bonds. The standard InChI is InChI=1S/C10H17N3O3S/c1-10(2,11)9-12-8(16-13-9)7-5-3-4-6-17(7,14)15/h7H,3-6,11H2,1-2H3. The van der Waals surface area contributed by atoms with Crippen molar-refractivity contribution >= 4 is 9.84 Å². The summed E-state index contributed by atoms with van der Waals surface area (Å²) in [6.45, 7) is 3.49. The highest BCUT2D eigenvalue weighted by Crippen LogP contribution is 2.32. The quantitative estimate of drug-likeness (QED) is 0.847. The second-order valence-corrected chi connectivity index (χ2v) is 7.33. The molecular weight excluding hydrogens is 242 g/mol. The molecule has 17 heavy (non-hydrogen) atoms. The molecule has 1 aliphatic rings. The van der Waals surface area contributed by atoms with Crippen molar-refractivity contribution in [1.29, 1.82) is 0 Å². The zero-order valence-electron chi connectivity index (χ0n) is 10.0. The highest BCUT2D eigenvalue weighted by Gasteiger charge is 2.35. The van der Waals surface area contributed by atoms with Crippen LogP contribution < -0.4 is 5.73 Å². The maximum Gasteiger partial charge on any atom is 0.245 e. The van der Waals surface area contributed by atoms with Crippen LogP contribution in [0.1, 0.15) is 50.1 Å². The number of aromatic nitrogens is 2. The van der Waals surface area contributed by atoms with E-state index in [1.54, 1.807) is 13.8 Å². The molecule has 96 valence electrons. The normalized spacial score (nSPS) is 24.8. The minimum Gasteiger partial charge on any atom is -0.338 e. The van der Waals surface area contributed by atoms with Crippen LogP contribution in [0.5, 0.6) is 0 Å². The van der Waals surface area contributed by atoms with E-state index in [2.05, 4.69) is 10.1 Å². The summed E-state index contributed by atoms with van der Waals surface area (Å²) >= 11 is 0. The van der Waals surface area contributed by atoms with E-state index in [1.807, 2.05) is 0 Å². The van der Waals surface area contributed by atoms with Crippen LogP contribution in [0.25, 0.3) is 0 Å². The zero-order valence-corrected chi connectivity index (χ0v) is 10.8. The smallest absolute Gasteiger partial charge is 0.245 e. The summed E-state index contributed by atoms with van der Waals surface area (Å²) in [6.07, 6.45) is 2.13. The lowest BCUT2D eigenvalue weighted by Gasteiger charge is -2.18. The molecule has 0 bridgehead atoms. The number of sulfone groups is 1. The van der Waals surface area contributed by atoms with Crippen LogP contribution in [0.3, 0.4) is 0 Å². The van der Waals surface area contributed by atoms with Gasteiger partial charge in [-0.1, -0.05) is 11.6 Å². The van der Waals surface area contributed by atoms with Gasteiger partial charge in [-0.25, -0.2) is 8.42 Å². The molecule has 0 aliphatic carbocycles. The largest absolute Gasteiger partial charge is 0.338 e. The molecule has 2 rings (SSSR count). The van der Waals surface area contributed by atoms with Crippen LogP contribution in [-0.2, 0) is 15.4 Å². The fourth-order valence-corrected chi connectivity index (χ4v) is 3.68. The number of hydrogen-bond acceptors (Lipinski definition) is 6. The Labute approximate surface area is 100 Å². The Bertz CT molecular complexity index is 501. The Morgan fingerprint density at radius 2 is 2.12 bits per heavy atom. The number of nitrogens with zero attached hydrogens (tertiary/aromatic N) is 2. The second-order valence-electron chi connectivity index (χ2n) is 5.03. The Hall–Kier alpha value is -0.950. The van der Waals surface area contributed by atoms with Crippen molar-refractivity contribution in [2.45, 2.75) is 43.9 Å². The van der Waals surface area contributed by atoms with Crippen LogP contribution in [0.4, 0.5) is 0 Å². The van der Waals surface area contributed by atoms with Gasteiger partial charge in [0.15, 0.2) is 15.7 Å². The molecule has 0 aromatic carbocycles. The molecule has 7 heteroatoms. The van der Waals surface area contributed by atoms with Gasteiger partial charge >= 0.3 is 0 Å². The summed E-state index contributed by atoms with van der Waals surface area (Å²) < 4.78 is 28.8. The SMILES string of the molecule is CC(C)(N)c1noc(C2CCCCS2(=O)=O)n1. The van der Waals surface area contributed by atoms with Gasteiger partial charge in [-0.2, -0.15) is 4.98 Å². The summed E-state index contributed by atoms with van der Waals surface area (Å²) in [5, 5.41) is 3.10. The van der Waals surface area contributed by atoms with E-state index >= 15 is 0 Å². The molecule has 6 nitrogen and oxygen atoms in total. The Morgan fingerprint density at radius 3 is 2.65 bits per heavy atom. The molecule has 2 N–H and O–H groups in total. The average molecular weight is 259 g/mol. The van der Waals surface area contributed by atoms with Gasteiger partial charge in [0.25, 0.3) is 0 Å². The Balaban J connectivity index is 2.31. The van der Waals surface area contributed by atoms with Crippen LogP contribution in [0.2, 0.25) is 0 Å². The van der Waals surface area contributed by atoms with Gasteiger partial charge < -0.3 is 10.3 Å². The number of nitrogens with two attached hydrogens (primary N) is 1. The van der Waals surface area contributed by atoms with E-state index in [-0.39, 0.29) is 11.6 Å². The summed E-state index contributed by atoms with van der Waals surface area (Å²) in [5.41, 5.74) is 5.11. The minimum atomic E-state index is -3.15. The predicted molar refractivity (Wildman–Crippen MR) is 61.9 cm³/mol. The first-order valence-corrected chi connectivity index (χ1v) is 7.37. The van der Waals surface area contributed by atoms with Gasteiger partial charge in [0.05, 0.1) is 11.3 Å². The van der Waals surface area contributed by atoms with Gasteiger partial charge in [-0.3, -0.25) is 0 Å². The van der Waals surface area contributed by atoms with Crippen LogP contribution >= 0.6 is 0 Å². The molecule has 1 aromatic rings. The molecule has 1 saturated heterocycles. The van der Waals surface area contributed by atoms with Crippen molar-refractivity contribution < 1.29 is 12.9 Å².